The van der Waals surface area contributed by atoms with E-state index in [4.69, 9.17) is 0 Å². The van der Waals surface area contributed by atoms with Crippen LogP contribution in [-0.4, -0.2) is 31.4 Å². The van der Waals surface area contributed by atoms with E-state index in [-0.39, 0.29) is 11.7 Å². The lowest BCUT2D eigenvalue weighted by atomic mass is 10.1. The molecule has 0 radical (unpaired) electrons. The number of carbonyl (C=O) groups is 1. The standard InChI is InChI=1S/C22H18F3N5OS2/c1-13-6-8-15(9-7-13)18-11-26-21(32-12-19(31)27-20-29-28-14(2)33-20)30(18)17-5-3-4-16(10-17)22(23,24)25/h3-11H,12H2,1-2H3,(H,27,29,31). The smallest absolute Gasteiger partial charge is 0.300 e. The van der Waals surface area contributed by atoms with Crippen molar-refractivity contribution in [3.05, 3.63) is 70.9 Å². The molecular formula is C22H18F3N5OS2. The molecule has 1 amide bonds. The zero-order valence-electron chi connectivity index (χ0n) is 17.6. The SMILES string of the molecule is Cc1ccc(-c2cnc(SCC(=O)Nc3nnc(C)s3)n2-c2cccc(C(F)(F)F)c2)cc1. The molecule has 0 bridgehead atoms. The fraction of sp³-hybridized carbons (Fsp3) is 0.182. The Hall–Kier alpha value is -3.18. The maximum Gasteiger partial charge on any atom is 0.416 e. The molecule has 0 spiro atoms. The van der Waals surface area contributed by atoms with Gasteiger partial charge in [-0.2, -0.15) is 13.2 Å². The lowest BCUT2D eigenvalue weighted by molar-refractivity contribution is -0.137. The summed E-state index contributed by atoms with van der Waals surface area (Å²) < 4.78 is 41.7. The minimum Gasteiger partial charge on any atom is -0.300 e. The molecule has 11 heteroatoms. The predicted molar refractivity (Wildman–Crippen MR) is 123 cm³/mol. The number of aromatic nitrogens is 4. The summed E-state index contributed by atoms with van der Waals surface area (Å²) in [5.41, 5.74) is 2.02. The zero-order valence-corrected chi connectivity index (χ0v) is 19.2. The molecule has 4 aromatic rings. The van der Waals surface area contributed by atoms with Crippen molar-refractivity contribution in [1.82, 2.24) is 19.7 Å². The quantitative estimate of drug-likeness (QED) is 0.349. The molecule has 0 aliphatic carbocycles. The number of aryl methyl sites for hydroxylation is 2. The highest BCUT2D eigenvalue weighted by molar-refractivity contribution is 7.99. The van der Waals surface area contributed by atoms with Gasteiger partial charge in [0.15, 0.2) is 5.16 Å². The summed E-state index contributed by atoms with van der Waals surface area (Å²) in [7, 11) is 0. The number of imidazole rings is 1. The highest BCUT2D eigenvalue weighted by Gasteiger charge is 2.31. The number of alkyl halides is 3. The summed E-state index contributed by atoms with van der Waals surface area (Å²) in [6, 6.07) is 12.7. The van der Waals surface area contributed by atoms with E-state index >= 15 is 0 Å². The Balaban J connectivity index is 1.67. The highest BCUT2D eigenvalue weighted by Crippen LogP contribution is 2.34. The number of benzene rings is 2. The average Bonchev–Trinajstić information content (AvgIpc) is 3.38. The molecule has 2 aromatic heterocycles. The van der Waals surface area contributed by atoms with Gasteiger partial charge in [-0.15, -0.1) is 10.2 Å². The first-order chi connectivity index (χ1) is 15.7. The molecule has 1 N–H and O–H groups in total. The van der Waals surface area contributed by atoms with Crippen LogP contribution in [0.25, 0.3) is 16.9 Å². The monoisotopic (exact) mass is 489 g/mol. The van der Waals surface area contributed by atoms with Crippen LogP contribution in [0.4, 0.5) is 18.3 Å². The molecule has 170 valence electrons. The number of anilines is 1. The number of nitrogens with zero attached hydrogens (tertiary/aromatic N) is 4. The molecule has 0 atom stereocenters. The van der Waals surface area contributed by atoms with Gasteiger partial charge in [0, 0.05) is 11.3 Å². The van der Waals surface area contributed by atoms with Gasteiger partial charge < -0.3 is 0 Å². The zero-order chi connectivity index (χ0) is 23.6. The maximum atomic E-state index is 13.3. The lowest BCUT2D eigenvalue weighted by Gasteiger charge is -2.14. The fourth-order valence-corrected chi connectivity index (χ4v) is 4.47. The number of hydrogen-bond donors (Lipinski definition) is 1. The fourth-order valence-electron chi connectivity index (χ4n) is 3.07. The Kier molecular flexibility index (Phi) is 6.52. The number of halogens is 3. The topological polar surface area (TPSA) is 72.7 Å². The number of thioether (sulfide) groups is 1. The lowest BCUT2D eigenvalue weighted by Crippen LogP contribution is -2.14. The first-order valence-corrected chi connectivity index (χ1v) is 11.6. The minimum absolute atomic E-state index is 0.00192. The van der Waals surface area contributed by atoms with Crippen LogP contribution in [0.15, 0.2) is 59.9 Å². The molecule has 0 fully saturated rings. The van der Waals surface area contributed by atoms with E-state index in [0.29, 0.717) is 21.7 Å². The Morgan fingerprint density at radius 3 is 2.55 bits per heavy atom. The van der Waals surface area contributed by atoms with E-state index in [9.17, 15) is 18.0 Å². The van der Waals surface area contributed by atoms with Crippen LogP contribution in [-0.2, 0) is 11.0 Å². The van der Waals surface area contributed by atoms with Crippen molar-refractivity contribution in [2.75, 3.05) is 11.1 Å². The van der Waals surface area contributed by atoms with Crippen molar-refractivity contribution in [2.45, 2.75) is 25.2 Å². The summed E-state index contributed by atoms with van der Waals surface area (Å²) in [6.45, 7) is 3.73. The third-order valence-electron chi connectivity index (χ3n) is 4.61. The van der Waals surface area contributed by atoms with Crippen LogP contribution < -0.4 is 5.32 Å². The first kappa shape index (κ1) is 23.0. The van der Waals surface area contributed by atoms with E-state index in [1.54, 1.807) is 23.8 Å². The molecule has 33 heavy (non-hydrogen) atoms. The molecule has 0 unspecified atom stereocenters. The summed E-state index contributed by atoms with van der Waals surface area (Å²) in [6.07, 6.45) is -2.88. The summed E-state index contributed by atoms with van der Waals surface area (Å²) in [4.78, 5) is 16.8. The van der Waals surface area contributed by atoms with Gasteiger partial charge >= 0.3 is 6.18 Å². The van der Waals surface area contributed by atoms with Crippen LogP contribution in [0.5, 0.6) is 0 Å². The van der Waals surface area contributed by atoms with Crippen molar-refractivity contribution in [3.8, 4) is 16.9 Å². The van der Waals surface area contributed by atoms with Crippen LogP contribution in [0.3, 0.4) is 0 Å². The van der Waals surface area contributed by atoms with Gasteiger partial charge in [-0.05, 0) is 32.0 Å². The van der Waals surface area contributed by atoms with Gasteiger partial charge in [0.2, 0.25) is 11.0 Å². The number of hydrogen-bond acceptors (Lipinski definition) is 6. The Labute approximate surface area is 195 Å². The van der Waals surface area contributed by atoms with Gasteiger partial charge in [-0.25, -0.2) is 4.98 Å². The average molecular weight is 490 g/mol. The molecule has 2 aromatic carbocycles. The van der Waals surface area contributed by atoms with E-state index in [0.717, 1.165) is 40.0 Å². The normalized spacial score (nSPS) is 11.5. The van der Waals surface area contributed by atoms with Gasteiger partial charge in [0.05, 0.1) is 23.2 Å². The third kappa shape index (κ3) is 5.42. The molecule has 0 aliphatic heterocycles. The van der Waals surface area contributed by atoms with Crippen LogP contribution in [0.1, 0.15) is 16.1 Å². The maximum absolute atomic E-state index is 13.3. The predicted octanol–water partition coefficient (Wildman–Crippen LogP) is 5.76. The van der Waals surface area contributed by atoms with Crippen LogP contribution in [0, 0.1) is 13.8 Å². The van der Waals surface area contributed by atoms with Crippen LogP contribution in [0.2, 0.25) is 0 Å². The van der Waals surface area contributed by atoms with Crippen molar-refractivity contribution < 1.29 is 18.0 Å². The van der Waals surface area contributed by atoms with Gasteiger partial charge in [0.1, 0.15) is 5.01 Å². The second-order valence-corrected chi connectivity index (χ2v) is 9.26. The van der Waals surface area contributed by atoms with Crippen molar-refractivity contribution in [1.29, 1.82) is 0 Å². The minimum atomic E-state index is -4.48. The summed E-state index contributed by atoms with van der Waals surface area (Å²) in [5.74, 6) is -0.311. The van der Waals surface area contributed by atoms with Gasteiger partial charge in [-0.1, -0.05) is 59.0 Å². The third-order valence-corrected chi connectivity index (χ3v) is 6.32. The molecule has 2 heterocycles. The molecular weight excluding hydrogens is 471 g/mol. The van der Waals surface area contributed by atoms with E-state index in [1.807, 2.05) is 31.2 Å². The second-order valence-electron chi connectivity index (χ2n) is 7.14. The Morgan fingerprint density at radius 2 is 1.88 bits per heavy atom. The number of nitrogens with one attached hydrogen (secondary N) is 1. The highest BCUT2D eigenvalue weighted by atomic mass is 32.2. The second kappa shape index (κ2) is 9.36. The summed E-state index contributed by atoms with van der Waals surface area (Å²) in [5, 5.41) is 11.9. The molecule has 6 nitrogen and oxygen atoms in total. The van der Waals surface area contributed by atoms with E-state index < -0.39 is 11.7 Å². The number of amides is 1. The Bertz CT molecular complexity index is 1280. The van der Waals surface area contributed by atoms with E-state index in [1.165, 1.54) is 17.4 Å². The number of carbonyl (C=O) groups excluding carboxylic acids is 1. The summed E-state index contributed by atoms with van der Waals surface area (Å²) >= 11 is 2.38. The van der Waals surface area contributed by atoms with Gasteiger partial charge in [-0.3, -0.25) is 14.7 Å². The van der Waals surface area contributed by atoms with Crippen molar-refractivity contribution in [2.24, 2.45) is 0 Å². The molecule has 0 saturated heterocycles. The molecule has 4 rings (SSSR count). The molecule has 0 saturated carbocycles. The largest absolute Gasteiger partial charge is 0.416 e. The van der Waals surface area contributed by atoms with Crippen LogP contribution >= 0.6 is 23.1 Å². The van der Waals surface area contributed by atoms with Crippen molar-refractivity contribution in [3.63, 3.8) is 0 Å². The number of rotatable bonds is 6. The van der Waals surface area contributed by atoms with Gasteiger partial charge in [0.25, 0.3) is 0 Å². The molecule has 0 aliphatic rings. The van der Waals surface area contributed by atoms with E-state index in [2.05, 4.69) is 20.5 Å². The first-order valence-electron chi connectivity index (χ1n) is 9.76. The Morgan fingerprint density at radius 1 is 1.12 bits per heavy atom. The van der Waals surface area contributed by atoms with Crippen molar-refractivity contribution >= 4 is 34.1 Å².